The zero-order valence-corrected chi connectivity index (χ0v) is 18.9. The van der Waals surface area contributed by atoms with Crippen LogP contribution in [0.25, 0.3) is 6.08 Å². The number of carbonyl (C=O) groups is 2. The summed E-state index contributed by atoms with van der Waals surface area (Å²) in [7, 11) is 0. The van der Waals surface area contributed by atoms with Crippen molar-refractivity contribution < 1.29 is 19.1 Å². The molecule has 2 heterocycles. The Morgan fingerprint density at radius 1 is 1.00 bits per heavy atom. The molecule has 6 nitrogen and oxygen atoms in total. The van der Waals surface area contributed by atoms with Crippen molar-refractivity contribution in [3.63, 3.8) is 0 Å². The fourth-order valence-corrected chi connectivity index (χ4v) is 4.25. The summed E-state index contributed by atoms with van der Waals surface area (Å²) in [5.41, 5.74) is 1.68. The molecule has 2 fully saturated rings. The number of piperidine rings is 1. The summed E-state index contributed by atoms with van der Waals surface area (Å²) in [4.78, 5) is 27.2. The molecule has 174 valence electrons. The van der Waals surface area contributed by atoms with Gasteiger partial charge in [-0.15, -0.1) is 0 Å². The second-order valence-corrected chi connectivity index (χ2v) is 8.63. The lowest BCUT2D eigenvalue weighted by atomic mass is 9.95. The highest BCUT2D eigenvalue weighted by atomic mass is 16.5. The average molecular weight is 449 g/mol. The van der Waals surface area contributed by atoms with Gasteiger partial charge in [0, 0.05) is 31.7 Å². The van der Waals surface area contributed by atoms with Crippen molar-refractivity contribution in [2.24, 2.45) is 5.92 Å². The third kappa shape index (κ3) is 6.68. The smallest absolute Gasteiger partial charge is 0.246 e. The van der Waals surface area contributed by atoms with Crippen LogP contribution in [0.3, 0.4) is 0 Å². The lowest BCUT2D eigenvalue weighted by Gasteiger charge is -2.30. The monoisotopic (exact) mass is 448 g/mol. The molecule has 2 aromatic carbocycles. The highest BCUT2D eigenvalue weighted by Crippen LogP contribution is 2.27. The molecule has 0 radical (unpaired) electrons. The maximum atomic E-state index is 12.9. The van der Waals surface area contributed by atoms with E-state index in [4.69, 9.17) is 9.47 Å². The van der Waals surface area contributed by atoms with Crippen molar-refractivity contribution in [3.05, 3.63) is 66.2 Å². The van der Waals surface area contributed by atoms with Gasteiger partial charge in [0.2, 0.25) is 11.8 Å². The van der Waals surface area contributed by atoms with Crippen LogP contribution in [-0.2, 0) is 14.3 Å². The largest absolute Gasteiger partial charge is 0.489 e. The summed E-state index contributed by atoms with van der Waals surface area (Å²) in [5.74, 6) is 0.508. The summed E-state index contributed by atoms with van der Waals surface area (Å²) in [6.07, 6.45) is 8.13. The van der Waals surface area contributed by atoms with Crippen molar-refractivity contribution in [2.75, 3.05) is 31.6 Å². The Morgan fingerprint density at radius 3 is 2.52 bits per heavy atom. The predicted molar refractivity (Wildman–Crippen MR) is 129 cm³/mol. The Labute approximate surface area is 195 Å². The van der Waals surface area contributed by atoms with E-state index < -0.39 is 0 Å². The first-order valence-corrected chi connectivity index (χ1v) is 11.9. The summed E-state index contributed by atoms with van der Waals surface area (Å²) in [6.45, 7) is 2.43. The predicted octanol–water partition coefficient (Wildman–Crippen LogP) is 4.53. The molecule has 2 aromatic rings. The summed E-state index contributed by atoms with van der Waals surface area (Å²) in [6, 6.07) is 17.3. The Balaban J connectivity index is 1.26. The zero-order valence-electron chi connectivity index (χ0n) is 18.9. The second kappa shape index (κ2) is 11.7. The third-order valence-corrected chi connectivity index (χ3v) is 6.24. The lowest BCUT2D eigenvalue weighted by Crippen LogP contribution is -2.40. The van der Waals surface area contributed by atoms with Gasteiger partial charge in [0.15, 0.2) is 0 Å². The number of hydrogen-bond donors (Lipinski definition) is 1. The van der Waals surface area contributed by atoms with Crippen molar-refractivity contribution in [2.45, 2.75) is 38.2 Å². The number of likely N-dealkylation sites (tertiary alicyclic amines) is 1. The Hall–Kier alpha value is -3.12. The Morgan fingerprint density at radius 2 is 1.76 bits per heavy atom. The molecule has 0 aromatic heterocycles. The van der Waals surface area contributed by atoms with E-state index in [9.17, 15) is 9.59 Å². The minimum atomic E-state index is -0.123. The fourth-order valence-electron chi connectivity index (χ4n) is 4.25. The third-order valence-electron chi connectivity index (χ3n) is 6.24. The van der Waals surface area contributed by atoms with Crippen molar-refractivity contribution >= 4 is 23.6 Å². The minimum absolute atomic E-state index is 0.0126. The number of hydrogen-bond acceptors (Lipinski definition) is 4. The van der Waals surface area contributed by atoms with E-state index in [0.29, 0.717) is 44.0 Å². The molecule has 0 spiro atoms. The van der Waals surface area contributed by atoms with Crippen LogP contribution in [0, 0.1) is 5.92 Å². The normalized spacial score (nSPS) is 19.4. The van der Waals surface area contributed by atoms with Crippen molar-refractivity contribution in [1.29, 1.82) is 0 Å². The van der Waals surface area contributed by atoms with Crippen molar-refractivity contribution in [3.8, 4) is 5.75 Å². The maximum Gasteiger partial charge on any atom is 0.246 e. The molecule has 1 unspecified atom stereocenters. The van der Waals surface area contributed by atoms with E-state index in [1.54, 1.807) is 6.08 Å². The first-order chi connectivity index (χ1) is 16.2. The van der Waals surface area contributed by atoms with Gasteiger partial charge in [0.1, 0.15) is 12.4 Å². The maximum absolute atomic E-state index is 12.9. The molecule has 1 atom stereocenters. The summed E-state index contributed by atoms with van der Waals surface area (Å²) in [5, 5.41) is 3.04. The van der Waals surface area contributed by atoms with Gasteiger partial charge in [-0.2, -0.15) is 0 Å². The van der Waals surface area contributed by atoms with E-state index in [1.165, 1.54) is 0 Å². The second-order valence-electron chi connectivity index (χ2n) is 8.63. The van der Waals surface area contributed by atoms with Crippen LogP contribution in [0.15, 0.2) is 60.7 Å². The quantitative estimate of drug-likeness (QED) is 0.632. The molecule has 33 heavy (non-hydrogen) atoms. The molecule has 0 saturated carbocycles. The molecule has 2 aliphatic heterocycles. The van der Waals surface area contributed by atoms with E-state index in [0.717, 1.165) is 31.4 Å². The highest BCUT2D eigenvalue weighted by Gasteiger charge is 2.27. The number of benzene rings is 2. The van der Waals surface area contributed by atoms with E-state index in [-0.39, 0.29) is 23.8 Å². The first-order valence-electron chi connectivity index (χ1n) is 11.9. The van der Waals surface area contributed by atoms with Gasteiger partial charge in [-0.25, -0.2) is 0 Å². The molecule has 4 rings (SSSR count). The summed E-state index contributed by atoms with van der Waals surface area (Å²) >= 11 is 0. The number of nitrogens with zero attached hydrogens (tertiary/aromatic N) is 1. The molecule has 2 amide bonds. The Bertz CT molecular complexity index is 946. The van der Waals surface area contributed by atoms with Crippen LogP contribution in [0.4, 0.5) is 5.69 Å². The van der Waals surface area contributed by atoms with E-state index >= 15 is 0 Å². The molecular formula is C27H32N2O4. The zero-order chi connectivity index (χ0) is 22.9. The van der Waals surface area contributed by atoms with Gasteiger partial charge in [-0.1, -0.05) is 42.5 Å². The molecular weight excluding hydrogens is 416 g/mol. The molecule has 2 saturated heterocycles. The van der Waals surface area contributed by atoms with Crippen LogP contribution in [-0.4, -0.2) is 49.1 Å². The summed E-state index contributed by atoms with van der Waals surface area (Å²) < 4.78 is 11.7. The SMILES string of the molecule is O=C(Nc1ccccc1OCC1CCCCO1)C1CCN(C(=O)C=Cc2ccccc2)CC1. The number of amides is 2. The van der Waals surface area contributed by atoms with Crippen LogP contribution in [0.2, 0.25) is 0 Å². The van der Waals surface area contributed by atoms with E-state index in [2.05, 4.69) is 5.32 Å². The number of anilines is 1. The Kier molecular flexibility index (Phi) is 8.14. The van der Waals surface area contributed by atoms with E-state index in [1.807, 2.05) is 65.6 Å². The van der Waals surface area contributed by atoms with Gasteiger partial charge < -0.3 is 19.7 Å². The lowest BCUT2D eigenvalue weighted by molar-refractivity contribution is -0.130. The number of rotatable bonds is 7. The first kappa shape index (κ1) is 23.1. The van der Waals surface area contributed by atoms with Crippen LogP contribution in [0.1, 0.15) is 37.7 Å². The van der Waals surface area contributed by atoms with Gasteiger partial charge in [0.25, 0.3) is 0 Å². The minimum Gasteiger partial charge on any atom is -0.489 e. The number of nitrogens with one attached hydrogen (secondary N) is 1. The molecule has 0 aliphatic carbocycles. The van der Waals surface area contributed by atoms with Crippen LogP contribution >= 0.6 is 0 Å². The van der Waals surface area contributed by atoms with Gasteiger partial charge in [-0.3, -0.25) is 9.59 Å². The standard InChI is InChI=1S/C27H32N2O4/c30-26(14-13-21-8-2-1-3-9-21)29-17-15-22(16-18-29)27(31)28-24-11-4-5-12-25(24)33-20-23-10-6-7-19-32-23/h1-5,8-9,11-14,22-23H,6-7,10,15-20H2,(H,28,31). The topological polar surface area (TPSA) is 67.9 Å². The van der Waals surface area contributed by atoms with Crippen LogP contribution < -0.4 is 10.1 Å². The molecule has 6 heteroatoms. The molecule has 1 N–H and O–H groups in total. The van der Waals surface area contributed by atoms with Gasteiger partial charge in [0.05, 0.1) is 11.8 Å². The number of para-hydroxylation sites is 2. The fraction of sp³-hybridized carbons (Fsp3) is 0.407. The highest BCUT2D eigenvalue weighted by molar-refractivity contribution is 5.95. The molecule has 0 bridgehead atoms. The van der Waals surface area contributed by atoms with Gasteiger partial charge in [-0.05, 0) is 55.9 Å². The van der Waals surface area contributed by atoms with Gasteiger partial charge >= 0.3 is 0 Å². The number of carbonyl (C=O) groups excluding carboxylic acids is 2. The average Bonchev–Trinajstić information content (AvgIpc) is 2.88. The van der Waals surface area contributed by atoms with Crippen molar-refractivity contribution in [1.82, 2.24) is 4.90 Å². The molecule has 2 aliphatic rings. The van der Waals surface area contributed by atoms with Crippen LogP contribution in [0.5, 0.6) is 5.75 Å². The number of ether oxygens (including phenoxy) is 2.